The van der Waals surface area contributed by atoms with Gasteiger partial charge < -0.3 is 8.98 Å². The summed E-state index contributed by atoms with van der Waals surface area (Å²) in [4.78, 5) is 21.7. The second-order valence-corrected chi connectivity index (χ2v) is 18.7. The lowest BCUT2D eigenvalue weighted by atomic mass is 9.64. The van der Waals surface area contributed by atoms with Crippen molar-refractivity contribution in [1.29, 1.82) is 0 Å². The molecule has 8 heteroatoms. The van der Waals surface area contributed by atoms with E-state index in [9.17, 15) is 0 Å². The molecule has 10 aromatic rings. The molecule has 0 saturated carbocycles. The van der Waals surface area contributed by atoms with Crippen molar-refractivity contribution < 1.29 is 8.98 Å². The number of hydrogen-bond donors (Lipinski definition) is 0. The first-order valence-electron chi connectivity index (χ1n) is 19.5. The molecule has 6 nitrogen and oxygen atoms in total. The smallest absolute Gasteiger partial charge is 0.171 e. The third kappa shape index (κ3) is 4.99. The van der Waals surface area contributed by atoms with Crippen LogP contribution in [-0.2, 0) is 9.98 Å². The van der Waals surface area contributed by atoms with Gasteiger partial charge in [-0.1, -0.05) is 127 Å². The van der Waals surface area contributed by atoms with E-state index in [0.29, 0.717) is 17.2 Å². The molecule has 2 atom stereocenters. The van der Waals surface area contributed by atoms with E-state index in [1.807, 2.05) is 97.1 Å². The van der Waals surface area contributed by atoms with E-state index < -0.39 is 12.6 Å². The number of nitrogens with zero attached hydrogens (tertiary/aromatic N) is 4. The Balaban J connectivity index is 1.17. The van der Waals surface area contributed by atoms with Gasteiger partial charge in [-0.25, -0.2) is 9.97 Å². The summed E-state index contributed by atoms with van der Waals surface area (Å²) in [6, 6.07) is 59.7. The molecule has 0 radical (unpaired) electrons. The molecule has 278 valence electrons. The first-order chi connectivity index (χ1) is 29.1. The van der Waals surface area contributed by atoms with Gasteiger partial charge in [-0.3, -0.25) is 9.97 Å². The summed E-state index contributed by atoms with van der Waals surface area (Å²) in [5.74, 6) is 0.578. The van der Waals surface area contributed by atoms with E-state index in [2.05, 4.69) is 88.8 Å². The number of hydrogen-bond acceptors (Lipinski definition) is 7. The van der Waals surface area contributed by atoms with E-state index in [4.69, 9.17) is 14.4 Å². The average molecular weight is 795 g/mol. The van der Waals surface area contributed by atoms with Crippen LogP contribution in [0.5, 0.6) is 0 Å². The number of furan rings is 1. The minimum Gasteiger partial charge on any atom is -0.456 e. The monoisotopic (exact) mass is 794 g/mol. The Hall–Kier alpha value is -6.92. The normalized spacial score (nSPS) is 17.6. The molecule has 2 unspecified atom stereocenters. The number of rotatable bonds is 4. The highest BCUT2D eigenvalue weighted by Crippen LogP contribution is 2.62. The largest absolute Gasteiger partial charge is 0.456 e. The summed E-state index contributed by atoms with van der Waals surface area (Å²) in [6.45, 7) is 0. The maximum atomic E-state index is 16.5. The van der Waals surface area contributed by atoms with Gasteiger partial charge in [0.25, 0.3) is 0 Å². The van der Waals surface area contributed by atoms with Gasteiger partial charge in [0, 0.05) is 54.4 Å². The molecule has 0 saturated heterocycles. The number of fused-ring (bicyclic) bond motifs is 11. The fourth-order valence-corrected chi connectivity index (χ4v) is 13.6. The lowest BCUT2D eigenvalue weighted by Crippen LogP contribution is -2.48. The standard InChI is InChI=1S/C51H31N4O2PS/c56-58(33-14-2-1-3-15-33)46-22-8-5-17-36(46)51(39-29-35-34-16-4-7-21-44(34)57-45(35)31-47(39)58)37-18-6-9-23-48(37)59-49-28-32(24-25-38(49)51)50-54-42(40-19-10-12-26-52-40)30-43(55-50)41-20-11-13-27-53-41/h1-31H. The van der Waals surface area contributed by atoms with E-state index in [1.165, 1.54) is 0 Å². The molecular weight excluding hydrogens is 764 g/mol. The van der Waals surface area contributed by atoms with Crippen LogP contribution in [0.3, 0.4) is 0 Å². The predicted molar refractivity (Wildman–Crippen MR) is 237 cm³/mol. The first-order valence-corrected chi connectivity index (χ1v) is 22.0. The minimum absolute atomic E-state index is 0.578. The van der Waals surface area contributed by atoms with Crippen molar-refractivity contribution in [3.05, 3.63) is 211 Å². The molecule has 2 aliphatic heterocycles. The summed E-state index contributed by atoms with van der Waals surface area (Å²) >= 11 is 1.75. The molecule has 0 fully saturated rings. The molecule has 4 aromatic heterocycles. The molecule has 0 aliphatic carbocycles. The predicted octanol–water partition coefficient (Wildman–Crippen LogP) is 11.0. The Kier molecular flexibility index (Phi) is 7.55. The van der Waals surface area contributed by atoms with E-state index >= 15 is 4.57 Å². The fourth-order valence-electron chi connectivity index (χ4n) is 9.21. The van der Waals surface area contributed by atoms with Crippen molar-refractivity contribution >= 4 is 56.8 Å². The van der Waals surface area contributed by atoms with Gasteiger partial charge in [-0.15, -0.1) is 0 Å². The summed E-state index contributed by atoms with van der Waals surface area (Å²) in [5.41, 5.74) is 8.77. The van der Waals surface area contributed by atoms with Gasteiger partial charge in [-0.05, 0) is 82.9 Å². The Bertz CT molecular complexity index is 3300. The molecule has 0 N–H and O–H groups in total. The number of para-hydroxylation sites is 1. The Morgan fingerprint density at radius 2 is 1.14 bits per heavy atom. The topological polar surface area (TPSA) is 81.8 Å². The van der Waals surface area contributed by atoms with Gasteiger partial charge in [0.05, 0.1) is 28.2 Å². The van der Waals surface area contributed by atoms with Crippen LogP contribution in [-0.4, -0.2) is 19.9 Å². The van der Waals surface area contributed by atoms with Gasteiger partial charge in [0.1, 0.15) is 11.2 Å². The first kappa shape index (κ1) is 34.1. The Labute approximate surface area is 344 Å². The molecule has 6 aromatic carbocycles. The fraction of sp³-hybridized carbons (Fsp3) is 0.0196. The van der Waals surface area contributed by atoms with E-state index in [0.717, 1.165) is 86.8 Å². The van der Waals surface area contributed by atoms with Gasteiger partial charge in [0.2, 0.25) is 0 Å². The third-order valence-electron chi connectivity index (χ3n) is 11.7. The van der Waals surface area contributed by atoms with Crippen LogP contribution < -0.4 is 15.9 Å². The molecule has 0 amide bonds. The summed E-state index contributed by atoms with van der Waals surface area (Å²) < 4.78 is 23.0. The molecular formula is C51H31N4O2PS. The van der Waals surface area contributed by atoms with Crippen LogP contribution in [0, 0.1) is 0 Å². The van der Waals surface area contributed by atoms with Crippen LogP contribution in [0.4, 0.5) is 0 Å². The van der Waals surface area contributed by atoms with Crippen molar-refractivity contribution in [2.75, 3.05) is 0 Å². The number of aromatic nitrogens is 4. The summed E-state index contributed by atoms with van der Waals surface area (Å²) in [7, 11) is -3.44. The van der Waals surface area contributed by atoms with Crippen molar-refractivity contribution in [2.45, 2.75) is 15.2 Å². The van der Waals surface area contributed by atoms with Crippen LogP contribution >= 0.6 is 18.9 Å². The van der Waals surface area contributed by atoms with Crippen LogP contribution in [0.1, 0.15) is 22.3 Å². The van der Waals surface area contributed by atoms with Gasteiger partial charge in [-0.2, -0.15) is 0 Å². The molecule has 12 rings (SSSR count). The van der Waals surface area contributed by atoms with Crippen LogP contribution in [0.15, 0.2) is 203 Å². The zero-order chi connectivity index (χ0) is 39.1. The lowest BCUT2D eigenvalue weighted by molar-refractivity contribution is 0.589. The molecule has 6 heterocycles. The molecule has 1 spiro atoms. The number of benzene rings is 6. The maximum absolute atomic E-state index is 16.5. The lowest BCUT2D eigenvalue weighted by Gasteiger charge is -2.47. The third-order valence-corrected chi connectivity index (χ3v) is 16.0. The zero-order valence-corrected chi connectivity index (χ0v) is 33.1. The minimum atomic E-state index is -3.44. The van der Waals surface area contributed by atoms with Crippen LogP contribution in [0.25, 0.3) is 56.1 Å². The Morgan fingerprint density at radius 3 is 1.90 bits per heavy atom. The summed E-state index contributed by atoms with van der Waals surface area (Å²) in [5, 5.41) is 4.43. The van der Waals surface area contributed by atoms with Crippen molar-refractivity contribution in [1.82, 2.24) is 19.9 Å². The second-order valence-electron chi connectivity index (χ2n) is 14.9. The van der Waals surface area contributed by atoms with E-state index in [-0.39, 0.29) is 0 Å². The molecule has 59 heavy (non-hydrogen) atoms. The Morgan fingerprint density at radius 1 is 0.475 bits per heavy atom. The highest BCUT2D eigenvalue weighted by Gasteiger charge is 2.54. The van der Waals surface area contributed by atoms with E-state index in [1.54, 1.807) is 24.2 Å². The maximum Gasteiger partial charge on any atom is 0.171 e. The molecule has 2 aliphatic rings. The average Bonchev–Trinajstić information content (AvgIpc) is 3.68. The second kappa shape index (κ2) is 13.0. The zero-order valence-electron chi connectivity index (χ0n) is 31.4. The molecule has 0 bridgehead atoms. The van der Waals surface area contributed by atoms with Crippen LogP contribution in [0.2, 0.25) is 0 Å². The van der Waals surface area contributed by atoms with Gasteiger partial charge in [0.15, 0.2) is 13.0 Å². The highest BCUT2D eigenvalue weighted by molar-refractivity contribution is 7.99. The highest BCUT2D eigenvalue weighted by atomic mass is 32.2. The number of pyridine rings is 2. The van der Waals surface area contributed by atoms with Crippen molar-refractivity contribution in [3.63, 3.8) is 0 Å². The SMILES string of the molecule is O=P1(c2ccccc2)c2ccccc2C2(c3ccccc3Sc3cc(-c4nc(-c5ccccn5)cc(-c5ccccn5)n4)ccc32)c2cc3c(cc21)oc1ccccc13. The summed E-state index contributed by atoms with van der Waals surface area (Å²) in [6.07, 6.45) is 3.56. The van der Waals surface area contributed by atoms with Crippen molar-refractivity contribution in [3.8, 4) is 34.2 Å². The van der Waals surface area contributed by atoms with Gasteiger partial charge >= 0.3 is 0 Å². The van der Waals surface area contributed by atoms with Crippen molar-refractivity contribution in [2.24, 2.45) is 0 Å². The quantitative estimate of drug-likeness (QED) is 0.164.